The van der Waals surface area contributed by atoms with Crippen molar-refractivity contribution in [3.05, 3.63) is 77.7 Å². The Balaban J connectivity index is 1.41. The first-order chi connectivity index (χ1) is 14.1. The molecule has 0 spiro atoms. The molecule has 0 aliphatic heterocycles. The van der Waals surface area contributed by atoms with Gasteiger partial charge >= 0.3 is 0 Å². The summed E-state index contributed by atoms with van der Waals surface area (Å²) in [4.78, 5) is 16.7. The van der Waals surface area contributed by atoms with Crippen LogP contribution >= 0.6 is 11.3 Å². The van der Waals surface area contributed by atoms with Gasteiger partial charge in [0.1, 0.15) is 0 Å². The Morgan fingerprint density at radius 2 is 2.07 bits per heavy atom. The van der Waals surface area contributed by atoms with Crippen LogP contribution < -0.4 is 10.1 Å². The monoisotopic (exact) mass is 408 g/mol. The SMILES string of the molecule is COc1ccc(-c2csc(NC(=O)Cc3cnn(-c4ccccc4)c3)n2)cc1F. The molecule has 1 amide bonds. The minimum atomic E-state index is -0.459. The van der Waals surface area contributed by atoms with Crippen LogP contribution in [0.1, 0.15) is 5.56 Å². The molecule has 4 aromatic rings. The lowest BCUT2D eigenvalue weighted by atomic mass is 10.1. The number of methoxy groups -OCH3 is 1. The van der Waals surface area contributed by atoms with Gasteiger partial charge in [-0.05, 0) is 35.9 Å². The number of nitrogens with zero attached hydrogens (tertiary/aromatic N) is 3. The largest absolute Gasteiger partial charge is 0.494 e. The topological polar surface area (TPSA) is 69.0 Å². The molecule has 6 nitrogen and oxygen atoms in total. The smallest absolute Gasteiger partial charge is 0.230 e. The zero-order valence-electron chi connectivity index (χ0n) is 15.5. The maximum Gasteiger partial charge on any atom is 0.230 e. The molecule has 0 unspecified atom stereocenters. The summed E-state index contributed by atoms with van der Waals surface area (Å²) in [5.41, 5.74) is 2.92. The second-order valence-corrected chi connectivity index (χ2v) is 7.10. The first kappa shape index (κ1) is 18.8. The molecular formula is C21H17FN4O2S. The number of hydrogen-bond acceptors (Lipinski definition) is 5. The molecule has 2 heterocycles. The van der Waals surface area contributed by atoms with Crippen LogP contribution in [0.5, 0.6) is 5.75 Å². The predicted molar refractivity (Wildman–Crippen MR) is 110 cm³/mol. The van der Waals surface area contributed by atoms with E-state index in [1.807, 2.05) is 36.5 Å². The second-order valence-electron chi connectivity index (χ2n) is 6.24. The average molecular weight is 408 g/mol. The quantitative estimate of drug-likeness (QED) is 0.516. The average Bonchev–Trinajstić information content (AvgIpc) is 3.38. The van der Waals surface area contributed by atoms with Crippen LogP contribution in [0.3, 0.4) is 0 Å². The van der Waals surface area contributed by atoms with Crippen LogP contribution in [0, 0.1) is 5.82 Å². The van der Waals surface area contributed by atoms with Gasteiger partial charge in [0.15, 0.2) is 16.7 Å². The van der Waals surface area contributed by atoms with Gasteiger partial charge in [0.25, 0.3) is 0 Å². The van der Waals surface area contributed by atoms with E-state index in [4.69, 9.17) is 4.74 Å². The first-order valence-electron chi connectivity index (χ1n) is 8.80. The van der Waals surface area contributed by atoms with Crippen LogP contribution in [-0.4, -0.2) is 27.8 Å². The summed E-state index contributed by atoms with van der Waals surface area (Å²) in [6.07, 6.45) is 3.67. The maximum atomic E-state index is 13.9. The van der Waals surface area contributed by atoms with E-state index in [9.17, 15) is 9.18 Å². The summed E-state index contributed by atoms with van der Waals surface area (Å²) >= 11 is 1.28. The number of thiazole rings is 1. The zero-order chi connectivity index (χ0) is 20.2. The minimum Gasteiger partial charge on any atom is -0.494 e. The molecule has 4 rings (SSSR count). The third-order valence-corrected chi connectivity index (χ3v) is 4.98. The van der Waals surface area contributed by atoms with Crippen LogP contribution in [-0.2, 0) is 11.2 Å². The number of nitrogens with one attached hydrogen (secondary N) is 1. The molecule has 29 heavy (non-hydrogen) atoms. The molecule has 0 bridgehead atoms. The Hall–Kier alpha value is -3.52. The van der Waals surface area contributed by atoms with E-state index in [1.54, 1.807) is 28.4 Å². The van der Waals surface area contributed by atoms with Crippen molar-refractivity contribution in [3.63, 3.8) is 0 Å². The highest BCUT2D eigenvalue weighted by molar-refractivity contribution is 7.14. The van der Waals surface area contributed by atoms with Gasteiger partial charge in [0.2, 0.25) is 5.91 Å². The number of halogens is 1. The van der Waals surface area contributed by atoms with E-state index in [0.29, 0.717) is 16.4 Å². The van der Waals surface area contributed by atoms with Crippen LogP contribution in [0.15, 0.2) is 66.3 Å². The summed E-state index contributed by atoms with van der Waals surface area (Å²) in [6.45, 7) is 0. The highest BCUT2D eigenvalue weighted by Gasteiger charge is 2.12. The van der Waals surface area contributed by atoms with E-state index in [0.717, 1.165) is 11.3 Å². The Bertz CT molecular complexity index is 1140. The van der Waals surface area contributed by atoms with Crippen LogP contribution in [0.4, 0.5) is 9.52 Å². The number of anilines is 1. The van der Waals surface area contributed by atoms with Crippen molar-refractivity contribution in [3.8, 4) is 22.7 Å². The van der Waals surface area contributed by atoms with Gasteiger partial charge in [-0.15, -0.1) is 11.3 Å². The third kappa shape index (κ3) is 4.33. The van der Waals surface area contributed by atoms with Crippen molar-refractivity contribution >= 4 is 22.4 Å². The van der Waals surface area contributed by atoms with Crippen LogP contribution in [0.2, 0.25) is 0 Å². The lowest BCUT2D eigenvalue weighted by Crippen LogP contribution is -2.13. The molecule has 2 aromatic carbocycles. The van der Waals surface area contributed by atoms with E-state index >= 15 is 0 Å². The Morgan fingerprint density at radius 1 is 1.24 bits per heavy atom. The van der Waals surface area contributed by atoms with Gasteiger partial charge in [-0.25, -0.2) is 14.1 Å². The molecule has 0 radical (unpaired) electrons. The zero-order valence-corrected chi connectivity index (χ0v) is 16.3. The van der Waals surface area contributed by atoms with Crippen molar-refractivity contribution in [1.29, 1.82) is 0 Å². The molecule has 1 N–H and O–H groups in total. The fraction of sp³-hybridized carbons (Fsp3) is 0.0952. The summed E-state index contributed by atoms with van der Waals surface area (Å²) in [5.74, 6) is -0.480. The number of carbonyl (C=O) groups excluding carboxylic acids is 1. The van der Waals surface area contributed by atoms with E-state index in [1.165, 1.54) is 24.5 Å². The van der Waals surface area contributed by atoms with Gasteiger partial charge < -0.3 is 10.1 Å². The van der Waals surface area contributed by atoms with Crippen molar-refractivity contribution in [1.82, 2.24) is 14.8 Å². The summed E-state index contributed by atoms with van der Waals surface area (Å²) in [7, 11) is 1.41. The predicted octanol–water partition coefficient (Wildman–Crippen LogP) is 4.32. The molecule has 8 heteroatoms. The van der Waals surface area contributed by atoms with Crippen LogP contribution in [0.25, 0.3) is 16.9 Å². The molecule has 0 saturated heterocycles. The highest BCUT2D eigenvalue weighted by Crippen LogP contribution is 2.28. The lowest BCUT2D eigenvalue weighted by molar-refractivity contribution is -0.115. The molecule has 0 saturated carbocycles. The van der Waals surface area contributed by atoms with Crippen molar-refractivity contribution in [2.75, 3.05) is 12.4 Å². The van der Waals surface area contributed by atoms with Gasteiger partial charge in [-0.3, -0.25) is 4.79 Å². The number of aromatic nitrogens is 3. The number of hydrogen-bond donors (Lipinski definition) is 1. The summed E-state index contributed by atoms with van der Waals surface area (Å²) < 4.78 is 20.5. The lowest BCUT2D eigenvalue weighted by Gasteiger charge is -2.03. The second kappa shape index (κ2) is 8.24. The van der Waals surface area contributed by atoms with Crippen molar-refractivity contribution < 1.29 is 13.9 Å². The number of ether oxygens (including phenoxy) is 1. The van der Waals surface area contributed by atoms with Crippen molar-refractivity contribution in [2.45, 2.75) is 6.42 Å². The Kier molecular flexibility index (Phi) is 5.35. The number of rotatable bonds is 6. The first-order valence-corrected chi connectivity index (χ1v) is 9.68. The normalized spacial score (nSPS) is 10.7. The number of carbonyl (C=O) groups is 1. The molecule has 0 fully saturated rings. The maximum absolute atomic E-state index is 13.9. The fourth-order valence-electron chi connectivity index (χ4n) is 2.81. The molecule has 146 valence electrons. The fourth-order valence-corrected chi connectivity index (χ4v) is 3.55. The number of para-hydroxylation sites is 1. The Morgan fingerprint density at radius 3 is 2.83 bits per heavy atom. The molecule has 0 aliphatic carbocycles. The minimum absolute atomic E-state index is 0.175. The highest BCUT2D eigenvalue weighted by atomic mass is 32.1. The standard InChI is InChI=1S/C21H17FN4O2S/c1-28-19-8-7-15(10-17(19)22)18-13-29-21(24-18)25-20(27)9-14-11-23-26(12-14)16-5-3-2-4-6-16/h2-8,10-13H,9H2,1H3,(H,24,25,27). The Labute approximate surface area is 170 Å². The molecule has 0 aliphatic rings. The molecule has 2 aromatic heterocycles. The van der Waals surface area contributed by atoms with Gasteiger partial charge in [0.05, 0.1) is 31.1 Å². The van der Waals surface area contributed by atoms with E-state index in [2.05, 4.69) is 15.4 Å². The van der Waals surface area contributed by atoms with E-state index in [-0.39, 0.29) is 18.1 Å². The van der Waals surface area contributed by atoms with Gasteiger partial charge in [-0.2, -0.15) is 5.10 Å². The van der Waals surface area contributed by atoms with Gasteiger partial charge in [0, 0.05) is 17.1 Å². The summed E-state index contributed by atoms with van der Waals surface area (Å²) in [6, 6.07) is 14.3. The third-order valence-electron chi connectivity index (χ3n) is 4.22. The number of benzene rings is 2. The van der Waals surface area contributed by atoms with Gasteiger partial charge in [-0.1, -0.05) is 18.2 Å². The van der Waals surface area contributed by atoms with E-state index < -0.39 is 5.82 Å². The molecular weight excluding hydrogens is 391 g/mol. The summed E-state index contributed by atoms with van der Waals surface area (Å²) in [5, 5.41) is 9.29. The molecule has 0 atom stereocenters. The number of amides is 1. The van der Waals surface area contributed by atoms with Crippen molar-refractivity contribution in [2.24, 2.45) is 0 Å².